The van der Waals surface area contributed by atoms with Gasteiger partial charge in [0.25, 0.3) is 0 Å². The summed E-state index contributed by atoms with van der Waals surface area (Å²) in [5.41, 5.74) is 3.71. The Morgan fingerprint density at radius 3 is 2.50 bits per heavy atom. The molecule has 2 aromatic rings. The van der Waals surface area contributed by atoms with Gasteiger partial charge in [0.1, 0.15) is 10.7 Å². The Morgan fingerprint density at radius 1 is 1.21 bits per heavy atom. The Labute approximate surface area is 150 Å². The highest BCUT2D eigenvalue weighted by molar-refractivity contribution is 9.10. The molecule has 0 bridgehead atoms. The number of pyridine rings is 1. The molecule has 0 saturated heterocycles. The topological polar surface area (TPSA) is 74.7 Å². The first kappa shape index (κ1) is 18.6. The molecular weight excluding hydrogens is 392 g/mol. The molecule has 1 aromatic carbocycles. The summed E-state index contributed by atoms with van der Waals surface area (Å²) in [6.07, 6.45) is 3.00. The molecule has 1 heterocycles. The van der Waals surface area contributed by atoms with E-state index in [-0.39, 0.29) is 4.90 Å². The molecule has 2 rings (SSSR count). The van der Waals surface area contributed by atoms with E-state index in [0.717, 1.165) is 10.0 Å². The third kappa shape index (κ3) is 4.40. The molecule has 0 saturated carbocycles. The monoisotopic (exact) mass is 410 g/mol. The molecule has 0 amide bonds. The summed E-state index contributed by atoms with van der Waals surface area (Å²) >= 11 is 3.44. The van der Waals surface area contributed by atoms with E-state index < -0.39 is 10.0 Å². The van der Waals surface area contributed by atoms with Crippen LogP contribution in [0.1, 0.15) is 19.4 Å². The van der Waals surface area contributed by atoms with Crippen molar-refractivity contribution in [1.82, 2.24) is 9.29 Å². The summed E-state index contributed by atoms with van der Waals surface area (Å²) in [6, 6.07) is 10.8. The molecule has 1 N–H and O–H groups in total. The Morgan fingerprint density at radius 2 is 1.92 bits per heavy atom. The second-order valence-electron chi connectivity index (χ2n) is 4.86. The number of hydrazone groups is 1. The maximum atomic E-state index is 12.4. The Balaban J connectivity index is 2.09. The van der Waals surface area contributed by atoms with Gasteiger partial charge in [-0.2, -0.15) is 9.41 Å². The fourth-order valence-electron chi connectivity index (χ4n) is 2.06. The van der Waals surface area contributed by atoms with Gasteiger partial charge in [0.2, 0.25) is 10.0 Å². The van der Waals surface area contributed by atoms with Gasteiger partial charge in [0.15, 0.2) is 0 Å². The zero-order valence-corrected chi connectivity index (χ0v) is 15.9. The highest BCUT2D eigenvalue weighted by Crippen LogP contribution is 2.16. The average molecular weight is 411 g/mol. The molecule has 24 heavy (non-hydrogen) atoms. The lowest BCUT2D eigenvalue weighted by atomic mass is 10.2. The van der Waals surface area contributed by atoms with E-state index in [4.69, 9.17) is 0 Å². The van der Waals surface area contributed by atoms with Crippen LogP contribution in [0.5, 0.6) is 0 Å². The third-order valence-electron chi connectivity index (χ3n) is 3.37. The minimum Gasteiger partial charge on any atom is -0.261 e. The van der Waals surface area contributed by atoms with Gasteiger partial charge in [0, 0.05) is 29.3 Å². The molecule has 0 aliphatic carbocycles. The smallest absolute Gasteiger partial charge is 0.244 e. The van der Waals surface area contributed by atoms with Gasteiger partial charge in [-0.1, -0.05) is 48.0 Å². The van der Waals surface area contributed by atoms with Gasteiger partial charge >= 0.3 is 0 Å². The van der Waals surface area contributed by atoms with Gasteiger partial charge in [-0.25, -0.2) is 13.4 Å². The lowest BCUT2D eigenvalue weighted by molar-refractivity contribution is 0.445. The van der Waals surface area contributed by atoms with E-state index in [1.54, 1.807) is 26.1 Å². The number of hydrogen-bond donors (Lipinski definition) is 1. The van der Waals surface area contributed by atoms with Crippen LogP contribution >= 0.6 is 15.9 Å². The SMILES string of the molecule is CCN(CC)S(=O)(=O)c1ccc(NN=Cc2ccccc2Br)nc1. The number of benzene rings is 1. The van der Waals surface area contributed by atoms with Crippen LogP contribution in [0.3, 0.4) is 0 Å². The molecule has 0 radical (unpaired) electrons. The van der Waals surface area contributed by atoms with Crippen LogP contribution in [0, 0.1) is 0 Å². The van der Waals surface area contributed by atoms with Crippen molar-refractivity contribution in [2.24, 2.45) is 5.10 Å². The minimum absolute atomic E-state index is 0.173. The summed E-state index contributed by atoms with van der Waals surface area (Å²) < 4.78 is 27.1. The molecule has 1 aromatic heterocycles. The second kappa shape index (κ2) is 8.36. The normalized spacial score (nSPS) is 12.0. The second-order valence-corrected chi connectivity index (χ2v) is 7.65. The number of aromatic nitrogens is 1. The van der Waals surface area contributed by atoms with Gasteiger partial charge in [-0.3, -0.25) is 5.43 Å². The van der Waals surface area contributed by atoms with Crippen LogP contribution in [0.25, 0.3) is 0 Å². The van der Waals surface area contributed by atoms with Crippen molar-refractivity contribution >= 4 is 38.0 Å². The molecule has 0 fully saturated rings. The van der Waals surface area contributed by atoms with E-state index >= 15 is 0 Å². The summed E-state index contributed by atoms with van der Waals surface area (Å²) in [4.78, 5) is 4.28. The van der Waals surface area contributed by atoms with Crippen molar-refractivity contribution in [3.63, 3.8) is 0 Å². The molecule has 0 aliphatic heterocycles. The van der Waals surface area contributed by atoms with Crippen molar-refractivity contribution < 1.29 is 8.42 Å². The van der Waals surface area contributed by atoms with Crippen molar-refractivity contribution in [2.45, 2.75) is 18.7 Å². The first-order chi connectivity index (χ1) is 11.5. The Kier molecular flexibility index (Phi) is 6.47. The Bertz CT molecular complexity index is 803. The average Bonchev–Trinajstić information content (AvgIpc) is 2.58. The number of anilines is 1. The number of rotatable bonds is 7. The van der Waals surface area contributed by atoms with E-state index in [0.29, 0.717) is 18.9 Å². The molecule has 0 aliphatic rings. The van der Waals surface area contributed by atoms with Crippen LogP contribution in [-0.2, 0) is 10.0 Å². The van der Waals surface area contributed by atoms with Crippen LogP contribution in [0.4, 0.5) is 5.82 Å². The van der Waals surface area contributed by atoms with Crippen molar-refractivity contribution in [3.05, 3.63) is 52.6 Å². The maximum absolute atomic E-state index is 12.4. The van der Waals surface area contributed by atoms with Gasteiger partial charge in [-0.05, 0) is 18.2 Å². The predicted octanol–water partition coefficient (Wildman–Crippen LogP) is 3.32. The first-order valence-electron chi connectivity index (χ1n) is 7.48. The van der Waals surface area contributed by atoms with Crippen molar-refractivity contribution in [2.75, 3.05) is 18.5 Å². The van der Waals surface area contributed by atoms with Gasteiger partial charge in [0.05, 0.1) is 6.21 Å². The van der Waals surface area contributed by atoms with Gasteiger partial charge in [-0.15, -0.1) is 0 Å². The molecule has 0 unspecified atom stereocenters. The number of hydrogen-bond acceptors (Lipinski definition) is 5. The van der Waals surface area contributed by atoms with Crippen LogP contribution < -0.4 is 5.43 Å². The van der Waals surface area contributed by atoms with E-state index in [2.05, 4.69) is 31.4 Å². The molecule has 6 nitrogen and oxygen atoms in total. The molecule has 0 spiro atoms. The van der Waals surface area contributed by atoms with E-state index in [9.17, 15) is 8.42 Å². The zero-order valence-electron chi connectivity index (χ0n) is 13.5. The standard InChI is InChI=1S/C16H19BrN4O2S/c1-3-21(4-2)24(22,23)14-9-10-16(18-12-14)20-19-11-13-7-5-6-8-15(13)17/h5-12H,3-4H2,1-2H3,(H,18,20). The number of halogens is 1. The fraction of sp³-hybridized carbons (Fsp3) is 0.250. The van der Waals surface area contributed by atoms with Crippen LogP contribution in [-0.4, -0.2) is 37.0 Å². The zero-order chi connectivity index (χ0) is 17.6. The van der Waals surface area contributed by atoms with Crippen LogP contribution in [0.2, 0.25) is 0 Å². The highest BCUT2D eigenvalue weighted by Gasteiger charge is 2.21. The number of sulfonamides is 1. The molecule has 0 atom stereocenters. The predicted molar refractivity (Wildman–Crippen MR) is 99.7 cm³/mol. The number of nitrogens with one attached hydrogen (secondary N) is 1. The minimum atomic E-state index is -3.49. The highest BCUT2D eigenvalue weighted by atomic mass is 79.9. The quantitative estimate of drug-likeness (QED) is 0.560. The third-order valence-corrected chi connectivity index (χ3v) is 6.12. The summed E-state index contributed by atoms with van der Waals surface area (Å²) in [5.74, 6) is 0.469. The molecule has 128 valence electrons. The van der Waals surface area contributed by atoms with Crippen LogP contribution in [0.15, 0.2) is 57.1 Å². The summed E-state index contributed by atoms with van der Waals surface area (Å²) in [5, 5.41) is 4.10. The molecular formula is C16H19BrN4O2S. The van der Waals surface area contributed by atoms with E-state index in [1.807, 2.05) is 24.3 Å². The number of nitrogens with zero attached hydrogens (tertiary/aromatic N) is 3. The summed E-state index contributed by atoms with van der Waals surface area (Å²) in [6.45, 7) is 4.46. The molecule has 8 heteroatoms. The van der Waals surface area contributed by atoms with E-state index in [1.165, 1.54) is 16.6 Å². The fourth-order valence-corrected chi connectivity index (χ4v) is 3.85. The van der Waals surface area contributed by atoms with Crippen molar-refractivity contribution in [1.29, 1.82) is 0 Å². The van der Waals surface area contributed by atoms with Gasteiger partial charge < -0.3 is 0 Å². The Hall–Kier alpha value is -1.77. The lowest BCUT2D eigenvalue weighted by Crippen LogP contribution is -2.30. The maximum Gasteiger partial charge on any atom is 0.244 e. The van der Waals surface area contributed by atoms with Crippen molar-refractivity contribution in [3.8, 4) is 0 Å². The first-order valence-corrected chi connectivity index (χ1v) is 9.72. The summed E-state index contributed by atoms with van der Waals surface area (Å²) in [7, 11) is -3.49. The lowest BCUT2D eigenvalue weighted by Gasteiger charge is -2.18. The largest absolute Gasteiger partial charge is 0.261 e.